The maximum absolute atomic E-state index is 12.1. The molecule has 0 N–H and O–H groups in total. The van der Waals surface area contributed by atoms with Gasteiger partial charge in [-0.2, -0.15) is 0 Å². The van der Waals surface area contributed by atoms with E-state index in [0.29, 0.717) is 18.9 Å². The molecule has 0 atom stereocenters. The van der Waals surface area contributed by atoms with Crippen LogP contribution in [0.3, 0.4) is 0 Å². The molecule has 0 spiro atoms. The van der Waals surface area contributed by atoms with Gasteiger partial charge in [0.05, 0.1) is 6.61 Å². The zero-order valence-corrected chi connectivity index (χ0v) is 13.9. The van der Waals surface area contributed by atoms with Crippen molar-refractivity contribution in [1.29, 1.82) is 0 Å². The Bertz CT molecular complexity index is 620. The predicted octanol–water partition coefficient (Wildman–Crippen LogP) is 3.43. The van der Waals surface area contributed by atoms with Crippen LogP contribution in [0.5, 0.6) is 11.5 Å². The Kier molecular flexibility index (Phi) is 6.03. The summed E-state index contributed by atoms with van der Waals surface area (Å²) >= 11 is 0. The summed E-state index contributed by atoms with van der Waals surface area (Å²) in [6.07, 6.45) is 0. The van der Waals surface area contributed by atoms with Gasteiger partial charge in [0, 0.05) is 13.6 Å². The van der Waals surface area contributed by atoms with E-state index in [1.807, 2.05) is 50.2 Å². The monoisotopic (exact) mass is 313 g/mol. The van der Waals surface area contributed by atoms with E-state index in [-0.39, 0.29) is 12.5 Å². The Labute approximate surface area is 137 Å². The van der Waals surface area contributed by atoms with E-state index >= 15 is 0 Å². The van der Waals surface area contributed by atoms with Gasteiger partial charge >= 0.3 is 0 Å². The molecule has 0 fully saturated rings. The van der Waals surface area contributed by atoms with Crippen molar-refractivity contribution in [3.8, 4) is 11.5 Å². The molecule has 4 nitrogen and oxygen atoms in total. The van der Waals surface area contributed by atoms with E-state index in [9.17, 15) is 4.79 Å². The molecule has 4 heteroatoms. The summed E-state index contributed by atoms with van der Waals surface area (Å²) in [4.78, 5) is 13.8. The number of nitrogens with zero attached hydrogens (tertiary/aromatic N) is 1. The molecule has 0 radical (unpaired) electrons. The van der Waals surface area contributed by atoms with Crippen LogP contribution in [-0.2, 0) is 11.3 Å². The summed E-state index contributed by atoms with van der Waals surface area (Å²) in [5.41, 5.74) is 2.31. The van der Waals surface area contributed by atoms with Gasteiger partial charge in [-0.15, -0.1) is 0 Å². The summed E-state index contributed by atoms with van der Waals surface area (Å²) in [5, 5.41) is 0. The molecular weight excluding hydrogens is 290 g/mol. The number of benzene rings is 2. The van der Waals surface area contributed by atoms with Gasteiger partial charge in [0.25, 0.3) is 5.91 Å². The number of carbonyl (C=O) groups is 1. The molecule has 0 bridgehead atoms. The first-order chi connectivity index (χ1) is 11.1. The van der Waals surface area contributed by atoms with Crippen LogP contribution in [0.1, 0.15) is 18.1 Å². The first-order valence-corrected chi connectivity index (χ1v) is 7.73. The van der Waals surface area contributed by atoms with Gasteiger partial charge in [-0.1, -0.05) is 29.8 Å². The lowest BCUT2D eigenvalue weighted by Crippen LogP contribution is -2.30. The van der Waals surface area contributed by atoms with Gasteiger partial charge in [0.15, 0.2) is 6.61 Å². The van der Waals surface area contributed by atoms with Crippen molar-refractivity contribution in [3.05, 3.63) is 59.7 Å². The van der Waals surface area contributed by atoms with E-state index in [0.717, 1.165) is 11.3 Å². The number of rotatable bonds is 7. The van der Waals surface area contributed by atoms with E-state index in [4.69, 9.17) is 9.47 Å². The van der Waals surface area contributed by atoms with Crippen LogP contribution in [0, 0.1) is 6.92 Å². The van der Waals surface area contributed by atoms with Crippen LogP contribution >= 0.6 is 0 Å². The van der Waals surface area contributed by atoms with Crippen molar-refractivity contribution in [1.82, 2.24) is 4.90 Å². The van der Waals surface area contributed by atoms with Gasteiger partial charge in [0.1, 0.15) is 11.5 Å². The number of carbonyl (C=O) groups excluding carboxylic acids is 1. The van der Waals surface area contributed by atoms with Gasteiger partial charge < -0.3 is 14.4 Å². The molecule has 23 heavy (non-hydrogen) atoms. The zero-order valence-electron chi connectivity index (χ0n) is 13.9. The van der Waals surface area contributed by atoms with Crippen molar-refractivity contribution < 1.29 is 14.3 Å². The average molecular weight is 313 g/mol. The van der Waals surface area contributed by atoms with E-state index in [2.05, 4.69) is 0 Å². The Morgan fingerprint density at radius 3 is 2.09 bits per heavy atom. The van der Waals surface area contributed by atoms with Gasteiger partial charge in [-0.3, -0.25) is 4.79 Å². The van der Waals surface area contributed by atoms with Crippen LogP contribution in [-0.4, -0.2) is 31.1 Å². The number of likely N-dealkylation sites (N-methyl/N-ethyl adjacent to an activating group) is 1. The van der Waals surface area contributed by atoms with Crippen molar-refractivity contribution in [2.45, 2.75) is 20.4 Å². The summed E-state index contributed by atoms with van der Waals surface area (Å²) < 4.78 is 10.9. The molecule has 0 aliphatic carbocycles. The Morgan fingerprint density at radius 1 is 0.957 bits per heavy atom. The summed E-state index contributed by atoms with van der Waals surface area (Å²) in [5.74, 6) is 1.40. The quantitative estimate of drug-likeness (QED) is 0.786. The molecule has 0 heterocycles. The minimum absolute atomic E-state index is 0.0241. The van der Waals surface area contributed by atoms with Crippen molar-refractivity contribution >= 4 is 5.91 Å². The highest BCUT2D eigenvalue weighted by atomic mass is 16.5. The van der Waals surface area contributed by atoms with E-state index in [1.165, 1.54) is 5.56 Å². The number of hydrogen-bond donors (Lipinski definition) is 0. The molecule has 2 aromatic rings. The Hall–Kier alpha value is -2.49. The highest BCUT2D eigenvalue weighted by Gasteiger charge is 2.10. The number of ether oxygens (including phenoxy) is 2. The smallest absolute Gasteiger partial charge is 0.260 e. The second-order valence-corrected chi connectivity index (χ2v) is 5.43. The summed E-state index contributed by atoms with van der Waals surface area (Å²) in [7, 11) is 1.78. The van der Waals surface area contributed by atoms with Gasteiger partial charge in [0.2, 0.25) is 0 Å². The SMILES string of the molecule is CCOc1ccc(OCC(=O)N(C)Cc2ccc(C)cc2)cc1. The zero-order chi connectivity index (χ0) is 16.7. The predicted molar refractivity (Wildman–Crippen MR) is 90.8 cm³/mol. The lowest BCUT2D eigenvalue weighted by Gasteiger charge is -2.17. The Morgan fingerprint density at radius 2 is 1.52 bits per heavy atom. The Balaban J connectivity index is 1.82. The van der Waals surface area contributed by atoms with Crippen molar-refractivity contribution in [3.63, 3.8) is 0 Å². The average Bonchev–Trinajstić information content (AvgIpc) is 2.56. The third-order valence-electron chi connectivity index (χ3n) is 3.46. The van der Waals surface area contributed by atoms with E-state index in [1.54, 1.807) is 24.1 Å². The van der Waals surface area contributed by atoms with Crippen molar-refractivity contribution in [2.75, 3.05) is 20.3 Å². The minimum Gasteiger partial charge on any atom is -0.494 e. The first kappa shape index (κ1) is 16.9. The van der Waals surface area contributed by atoms with E-state index < -0.39 is 0 Å². The highest BCUT2D eigenvalue weighted by Crippen LogP contribution is 2.17. The third kappa shape index (κ3) is 5.33. The minimum atomic E-state index is -0.0561. The molecule has 0 saturated heterocycles. The first-order valence-electron chi connectivity index (χ1n) is 7.73. The van der Waals surface area contributed by atoms with Crippen LogP contribution in [0.2, 0.25) is 0 Å². The lowest BCUT2D eigenvalue weighted by atomic mass is 10.1. The maximum Gasteiger partial charge on any atom is 0.260 e. The molecule has 1 amide bonds. The fourth-order valence-corrected chi connectivity index (χ4v) is 2.11. The fourth-order valence-electron chi connectivity index (χ4n) is 2.11. The molecule has 0 aliphatic heterocycles. The molecule has 2 aromatic carbocycles. The molecular formula is C19H23NO3. The molecule has 0 aromatic heterocycles. The normalized spacial score (nSPS) is 10.2. The molecule has 0 unspecified atom stereocenters. The molecule has 2 rings (SSSR count). The maximum atomic E-state index is 12.1. The number of aryl methyl sites for hydroxylation is 1. The highest BCUT2D eigenvalue weighted by molar-refractivity contribution is 5.77. The van der Waals surface area contributed by atoms with Crippen LogP contribution in [0.15, 0.2) is 48.5 Å². The van der Waals surface area contributed by atoms with Crippen LogP contribution in [0.4, 0.5) is 0 Å². The van der Waals surface area contributed by atoms with Crippen LogP contribution in [0.25, 0.3) is 0 Å². The number of amides is 1. The fraction of sp³-hybridized carbons (Fsp3) is 0.316. The molecule has 0 aliphatic rings. The lowest BCUT2D eigenvalue weighted by molar-refractivity contribution is -0.132. The standard InChI is InChI=1S/C19H23NO3/c1-4-22-17-9-11-18(12-10-17)23-14-19(21)20(3)13-16-7-5-15(2)6-8-16/h5-12H,4,13-14H2,1-3H3. The second-order valence-electron chi connectivity index (χ2n) is 5.43. The van der Waals surface area contributed by atoms with Gasteiger partial charge in [-0.25, -0.2) is 0 Å². The molecule has 0 saturated carbocycles. The second kappa shape index (κ2) is 8.22. The van der Waals surface area contributed by atoms with Gasteiger partial charge in [-0.05, 0) is 43.7 Å². The summed E-state index contributed by atoms with van der Waals surface area (Å²) in [6.45, 7) is 5.21. The topological polar surface area (TPSA) is 38.8 Å². The molecule has 122 valence electrons. The largest absolute Gasteiger partial charge is 0.494 e. The number of hydrogen-bond acceptors (Lipinski definition) is 3. The van der Waals surface area contributed by atoms with Crippen molar-refractivity contribution in [2.24, 2.45) is 0 Å². The third-order valence-corrected chi connectivity index (χ3v) is 3.46. The summed E-state index contributed by atoms with van der Waals surface area (Å²) in [6, 6.07) is 15.4. The van der Waals surface area contributed by atoms with Crippen LogP contribution < -0.4 is 9.47 Å².